The van der Waals surface area contributed by atoms with Crippen molar-refractivity contribution in [3.63, 3.8) is 0 Å². The Morgan fingerprint density at radius 3 is 3.00 bits per heavy atom. The zero-order chi connectivity index (χ0) is 7.40. The Morgan fingerprint density at radius 1 is 1.80 bits per heavy atom. The summed E-state index contributed by atoms with van der Waals surface area (Å²) >= 11 is 0. The number of nitrogens with two attached hydrogens (primary N) is 1. The minimum Gasteiger partial charge on any atom is -0.330 e. The van der Waals surface area contributed by atoms with Gasteiger partial charge in [0.15, 0.2) is 0 Å². The van der Waals surface area contributed by atoms with Crippen molar-refractivity contribution in [1.82, 2.24) is 0 Å². The van der Waals surface area contributed by atoms with Crippen LogP contribution in [0.15, 0.2) is 17.1 Å². The quantitative estimate of drug-likeness (QED) is 0.576. The summed E-state index contributed by atoms with van der Waals surface area (Å²) in [6.45, 7) is 0.771. The van der Waals surface area contributed by atoms with Crippen LogP contribution in [0.3, 0.4) is 0 Å². The minimum absolute atomic E-state index is 0.588. The van der Waals surface area contributed by atoms with Crippen molar-refractivity contribution in [2.75, 3.05) is 13.6 Å². The van der Waals surface area contributed by atoms with Crippen LogP contribution in [-0.4, -0.2) is 19.3 Å². The maximum atomic E-state index is 5.50. The van der Waals surface area contributed by atoms with Gasteiger partial charge in [-0.1, -0.05) is 6.08 Å². The molecule has 0 aromatic heterocycles. The van der Waals surface area contributed by atoms with E-state index in [9.17, 15) is 0 Å². The summed E-state index contributed by atoms with van der Waals surface area (Å²) in [5.41, 5.74) is 6.70. The van der Waals surface area contributed by atoms with Crippen LogP contribution in [0.5, 0.6) is 0 Å². The summed E-state index contributed by atoms with van der Waals surface area (Å²) in [4.78, 5) is 4.11. The van der Waals surface area contributed by atoms with Crippen LogP contribution in [0.25, 0.3) is 0 Å². The zero-order valence-electron chi connectivity index (χ0n) is 6.38. The smallest absolute Gasteiger partial charge is 0.0342 e. The Bertz CT molecular complexity index is 159. The highest BCUT2D eigenvalue weighted by atomic mass is 14.7. The van der Waals surface area contributed by atoms with Crippen LogP contribution in [0.2, 0.25) is 0 Å². The lowest BCUT2D eigenvalue weighted by Gasteiger charge is -2.14. The molecule has 0 fully saturated rings. The SMILES string of the molecule is CN=C1C=CC(CN)CC1. The summed E-state index contributed by atoms with van der Waals surface area (Å²) in [6, 6.07) is 0. The fraction of sp³-hybridized carbons (Fsp3) is 0.625. The molecule has 1 atom stereocenters. The second kappa shape index (κ2) is 3.52. The highest BCUT2D eigenvalue weighted by molar-refractivity contribution is 5.95. The first-order valence-corrected chi connectivity index (χ1v) is 3.70. The molecule has 0 bridgehead atoms. The first kappa shape index (κ1) is 7.48. The molecule has 56 valence electrons. The van der Waals surface area contributed by atoms with Crippen LogP contribution in [-0.2, 0) is 0 Å². The van der Waals surface area contributed by atoms with Crippen molar-refractivity contribution in [3.05, 3.63) is 12.2 Å². The van der Waals surface area contributed by atoms with E-state index >= 15 is 0 Å². The molecule has 0 radical (unpaired) electrons. The van der Waals surface area contributed by atoms with Gasteiger partial charge in [0.05, 0.1) is 0 Å². The van der Waals surface area contributed by atoms with E-state index < -0.39 is 0 Å². The largest absolute Gasteiger partial charge is 0.330 e. The third-order valence-electron chi connectivity index (χ3n) is 1.92. The fourth-order valence-electron chi connectivity index (χ4n) is 1.14. The standard InChI is InChI=1S/C8H14N2/c1-10-8-4-2-7(6-9)3-5-8/h2,4,7H,3,5-6,9H2,1H3. The molecule has 0 saturated carbocycles. The van der Waals surface area contributed by atoms with E-state index in [1.807, 2.05) is 7.05 Å². The summed E-state index contributed by atoms with van der Waals surface area (Å²) in [7, 11) is 1.84. The Morgan fingerprint density at radius 2 is 2.60 bits per heavy atom. The van der Waals surface area contributed by atoms with E-state index in [1.54, 1.807) is 0 Å². The predicted molar refractivity (Wildman–Crippen MR) is 44.3 cm³/mol. The number of aliphatic imine (C=N–C) groups is 1. The van der Waals surface area contributed by atoms with Crippen molar-refractivity contribution >= 4 is 5.71 Å². The molecule has 0 aromatic carbocycles. The molecule has 0 saturated heterocycles. The van der Waals surface area contributed by atoms with Gasteiger partial charge in [-0.05, 0) is 31.4 Å². The molecule has 0 aromatic rings. The second-order valence-electron chi connectivity index (χ2n) is 2.61. The minimum atomic E-state index is 0.588. The molecule has 0 amide bonds. The van der Waals surface area contributed by atoms with Gasteiger partial charge in [-0.15, -0.1) is 0 Å². The van der Waals surface area contributed by atoms with E-state index in [1.165, 1.54) is 12.1 Å². The fourth-order valence-corrected chi connectivity index (χ4v) is 1.14. The summed E-state index contributed by atoms with van der Waals surface area (Å²) in [5, 5.41) is 0. The highest BCUT2D eigenvalue weighted by Gasteiger charge is 2.08. The molecule has 2 heteroatoms. The normalized spacial score (nSPS) is 29.4. The van der Waals surface area contributed by atoms with E-state index in [2.05, 4.69) is 17.1 Å². The van der Waals surface area contributed by atoms with Gasteiger partial charge in [0.25, 0.3) is 0 Å². The predicted octanol–water partition coefficient (Wildman–Crippen LogP) is 0.982. The first-order chi connectivity index (χ1) is 4.86. The number of hydrogen-bond donors (Lipinski definition) is 1. The van der Waals surface area contributed by atoms with Gasteiger partial charge in [-0.3, -0.25) is 4.99 Å². The van der Waals surface area contributed by atoms with Gasteiger partial charge >= 0.3 is 0 Å². The molecular weight excluding hydrogens is 124 g/mol. The highest BCUT2D eigenvalue weighted by Crippen LogP contribution is 2.13. The Labute approximate surface area is 61.8 Å². The van der Waals surface area contributed by atoms with E-state index in [0.29, 0.717) is 5.92 Å². The Hall–Kier alpha value is -0.630. The van der Waals surface area contributed by atoms with Gasteiger partial charge < -0.3 is 5.73 Å². The van der Waals surface area contributed by atoms with Gasteiger partial charge in [-0.2, -0.15) is 0 Å². The molecule has 10 heavy (non-hydrogen) atoms. The maximum absolute atomic E-state index is 5.50. The van der Waals surface area contributed by atoms with Crippen molar-refractivity contribution < 1.29 is 0 Å². The number of rotatable bonds is 1. The molecule has 0 aliphatic heterocycles. The zero-order valence-corrected chi connectivity index (χ0v) is 6.38. The monoisotopic (exact) mass is 138 g/mol. The summed E-state index contributed by atoms with van der Waals surface area (Å²) < 4.78 is 0. The molecule has 1 unspecified atom stereocenters. The van der Waals surface area contributed by atoms with Crippen molar-refractivity contribution in [2.24, 2.45) is 16.6 Å². The van der Waals surface area contributed by atoms with Crippen LogP contribution >= 0.6 is 0 Å². The van der Waals surface area contributed by atoms with Crippen LogP contribution < -0.4 is 5.73 Å². The van der Waals surface area contributed by atoms with Gasteiger partial charge in [-0.25, -0.2) is 0 Å². The van der Waals surface area contributed by atoms with Crippen LogP contribution in [0.4, 0.5) is 0 Å². The number of nitrogens with zero attached hydrogens (tertiary/aromatic N) is 1. The van der Waals surface area contributed by atoms with E-state index in [4.69, 9.17) is 5.73 Å². The summed E-state index contributed by atoms with van der Waals surface area (Å²) in [6.07, 6.45) is 6.50. The van der Waals surface area contributed by atoms with Crippen molar-refractivity contribution in [3.8, 4) is 0 Å². The molecule has 0 spiro atoms. The topological polar surface area (TPSA) is 38.4 Å². The lowest BCUT2D eigenvalue weighted by Crippen LogP contribution is -2.16. The van der Waals surface area contributed by atoms with E-state index in [0.717, 1.165) is 13.0 Å². The third-order valence-corrected chi connectivity index (χ3v) is 1.92. The lowest BCUT2D eigenvalue weighted by atomic mass is 9.95. The lowest BCUT2D eigenvalue weighted by molar-refractivity contribution is 0.610. The van der Waals surface area contributed by atoms with Gasteiger partial charge in [0, 0.05) is 12.8 Å². The Balaban J connectivity index is 2.52. The first-order valence-electron chi connectivity index (χ1n) is 3.70. The molecule has 2 nitrogen and oxygen atoms in total. The maximum Gasteiger partial charge on any atom is 0.0342 e. The second-order valence-corrected chi connectivity index (χ2v) is 2.61. The Kier molecular flexibility index (Phi) is 2.63. The average molecular weight is 138 g/mol. The van der Waals surface area contributed by atoms with Gasteiger partial charge in [0.1, 0.15) is 0 Å². The molecule has 1 aliphatic rings. The van der Waals surface area contributed by atoms with Crippen molar-refractivity contribution in [1.29, 1.82) is 0 Å². The average Bonchev–Trinajstić information content (AvgIpc) is 2.05. The molecule has 1 aliphatic carbocycles. The van der Waals surface area contributed by atoms with Crippen molar-refractivity contribution in [2.45, 2.75) is 12.8 Å². The molecule has 1 rings (SSSR count). The molecular formula is C8H14N2. The number of allylic oxidation sites excluding steroid dienone is 1. The van der Waals surface area contributed by atoms with Gasteiger partial charge in [0.2, 0.25) is 0 Å². The van der Waals surface area contributed by atoms with E-state index in [-0.39, 0.29) is 0 Å². The summed E-state index contributed by atoms with van der Waals surface area (Å²) in [5.74, 6) is 0.588. The van der Waals surface area contributed by atoms with Crippen LogP contribution in [0, 0.1) is 5.92 Å². The molecule has 0 heterocycles. The number of hydrogen-bond acceptors (Lipinski definition) is 2. The molecule has 2 N–H and O–H groups in total. The van der Waals surface area contributed by atoms with Crippen LogP contribution in [0.1, 0.15) is 12.8 Å². The third kappa shape index (κ3) is 1.67.